The topological polar surface area (TPSA) is 32.3 Å². The number of piperidine rings is 1. The van der Waals surface area contributed by atoms with Gasteiger partial charge in [0.05, 0.1) is 6.54 Å². The number of hydrogen-bond acceptors (Lipinski definition) is 2. The Hall–Kier alpha value is -2.13. The van der Waals surface area contributed by atoms with E-state index in [-0.39, 0.29) is 5.91 Å². The minimum absolute atomic E-state index is 0.0781. The highest BCUT2D eigenvalue weighted by Gasteiger charge is 2.21. The Morgan fingerprint density at radius 1 is 1.04 bits per heavy atom. The van der Waals surface area contributed by atoms with Gasteiger partial charge in [-0.05, 0) is 69.0 Å². The van der Waals surface area contributed by atoms with E-state index >= 15 is 0 Å². The van der Waals surface area contributed by atoms with Gasteiger partial charge in [-0.3, -0.25) is 9.69 Å². The number of aryl methyl sites for hydroxylation is 2. The molecule has 2 aromatic rings. The number of benzene rings is 2. The molecule has 3 heteroatoms. The van der Waals surface area contributed by atoms with Gasteiger partial charge in [-0.2, -0.15) is 0 Å². The smallest absolute Gasteiger partial charge is 0.238 e. The van der Waals surface area contributed by atoms with Crippen LogP contribution in [0.4, 0.5) is 5.69 Å². The maximum Gasteiger partial charge on any atom is 0.238 e. The number of hydrogen-bond donors (Lipinski definition) is 1. The number of nitrogens with zero attached hydrogens (tertiary/aromatic N) is 1. The zero-order valence-corrected chi connectivity index (χ0v) is 14.6. The minimum Gasteiger partial charge on any atom is -0.325 e. The molecule has 2 aromatic carbocycles. The van der Waals surface area contributed by atoms with Gasteiger partial charge in [0.2, 0.25) is 5.91 Å². The van der Waals surface area contributed by atoms with E-state index in [0.29, 0.717) is 12.5 Å². The van der Waals surface area contributed by atoms with E-state index in [1.165, 1.54) is 11.1 Å². The first-order valence-corrected chi connectivity index (χ1v) is 8.75. The van der Waals surface area contributed by atoms with Gasteiger partial charge >= 0.3 is 0 Å². The van der Waals surface area contributed by atoms with E-state index < -0.39 is 0 Å². The Bertz CT molecular complexity index is 685. The van der Waals surface area contributed by atoms with Crippen LogP contribution in [-0.4, -0.2) is 30.4 Å². The molecule has 1 aliphatic heterocycles. The first-order chi connectivity index (χ1) is 11.6. The molecule has 0 atom stereocenters. The largest absolute Gasteiger partial charge is 0.325 e. The van der Waals surface area contributed by atoms with E-state index in [4.69, 9.17) is 0 Å². The lowest BCUT2D eigenvalue weighted by Crippen LogP contribution is -2.38. The molecule has 0 unspecified atom stereocenters. The number of nitrogens with one attached hydrogen (secondary N) is 1. The van der Waals surface area contributed by atoms with Crippen LogP contribution in [0, 0.1) is 13.8 Å². The van der Waals surface area contributed by atoms with Crippen LogP contribution < -0.4 is 5.32 Å². The number of carbonyl (C=O) groups is 1. The summed E-state index contributed by atoms with van der Waals surface area (Å²) >= 11 is 0. The number of carbonyl (C=O) groups excluding carboxylic acids is 1. The summed E-state index contributed by atoms with van der Waals surface area (Å²) in [6.45, 7) is 6.61. The summed E-state index contributed by atoms with van der Waals surface area (Å²) in [5.74, 6) is 0.705. The summed E-state index contributed by atoms with van der Waals surface area (Å²) in [6, 6.07) is 16.8. The Balaban J connectivity index is 1.48. The van der Waals surface area contributed by atoms with Crippen LogP contribution >= 0.6 is 0 Å². The van der Waals surface area contributed by atoms with Crippen LogP contribution in [0.3, 0.4) is 0 Å². The lowest BCUT2D eigenvalue weighted by Gasteiger charge is -2.31. The van der Waals surface area contributed by atoms with Gasteiger partial charge in [0, 0.05) is 5.69 Å². The van der Waals surface area contributed by atoms with E-state index in [2.05, 4.69) is 41.4 Å². The van der Waals surface area contributed by atoms with Crippen LogP contribution in [-0.2, 0) is 4.79 Å². The third kappa shape index (κ3) is 4.45. The van der Waals surface area contributed by atoms with Crippen molar-refractivity contribution in [3.8, 4) is 0 Å². The maximum atomic E-state index is 12.2. The van der Waals surface area contributed by atoms with E-state index in [0.717, 1.165) is 37.2 Å². The second kappa shape index (κ2) is 7.63. The normalized spacial score (nSPS) is 16.1. The standard InChI is InChI=1S/C21H26N2O/c1-16-6-8-18(9-7-16)19-10-12-23(13-11-19)15-21(24)22-20-5-3-4-17(2)14-20/h3-9,14,19H,10-13,15H2,1-2H3,(H,22,24). The molecule has 1 aliphatic rings. The van der Waals surface area contributed by atoms with Crippen molar-refractivity contribution in [3.63, 3.8) is 0 Å². The van der Waals surface area contributed by atoms with Crippen LogP contribution in [0.25, 0.3) is 0 Å². The monoisotopic (exact) mass is 322 g/mol. The number of likely N-dealkylation sites (tertiary alicyclic amines) is 1. The number of anilines is 1. The summed E-state index contributed by atoms with van der Waals surface area (Å²) in [6.07, 6.45) is 2.25. The van der Waals surface area contributed by atoms with Gasteiger partial charge in [0.25, 0.3) is 0 Å². The molecule has 1 fully saturated rings. The average molecular weight is 322 g/mol. The van der Waals surface area contributed by atoms with Crippen LogP contribution in [0.5, 0.6) is 0 Å². The molecule has 0 aliphatic carbocycles. The molecule has 126 valence electrons. The van der Waals surface area contributed by atoms with Crippen LogP contribution in [0.15, 0.2) is 48.5 Å². The van der Waals surface area contributed by atoms with E-state index in [9.17, 15) is 4.79 Å². The second-order valence-corrected chi connectivity index (χ2v) is 6.88. The highest BCUT2D eigenvalue weighted by atomic mass is 16.2. The van der Waals surface area contributed by atoms with Crippen LogP contribution in [0.2, 0.25) is 0 Å². The third-order valence-electron chi connectivity index (χ3n) is 4.81. The first-order valence-electron chi connectivity index (χ1n) is 8.75. The Labute approximate surface area is 144 Å². The van der Waals surface area contributed by atoms with E-state index in [1.54, 1.807) is 0 Å². The van der Waals surface area contributed by atoms with Crippen molar-refractivity contribution in [2.75, 3.05) is 25.0 Å². The number of amides is 1. The lowest BCUT2D eigenvalue weighted by molar-refractivity contribution is -0.117. The van der Waals surface area contributed by atoms with Gasteiger partial charge < -0.3 is 5.32 Å². The molecule has 0 aromatic heterocycles. The predicted molar refractivity (Wildman–Crippen MR) is 99.4 cm³/mol. The molecular weight excluding hydrogens is 296 g/mol. The minimum atomic E-state index is 0.0781. The highest BCUT2D eigenvalue weighted by molar-refractivity contribution is 5.92. The molecule has 1 amide bonds. The predicted octanol–water partition coefficient (Wildman–Crippen LogP) is 4.12. The molecule has 0 saturated carbocycles. The van der Waals surface area contributed by atoms with Crippen molar-refractivity contribution in [1.82, 2.24) is 4.90 Å². The van der Waals surface area contributed by atoms with Crippen molar-refractivity contribution in [3.05, 3.63) is 65.2 Å². The Morgan fingerprint density at radius 2 is 1.75 bits per heavy atom. The summed E-state index contributed by atoms with van der Waals surface area (Å²) in [5, 5.41) is 3.00. The van der Waals surface area contributed by atoms with Crippen LogP contribution in [0.1, 0.15) is 35.4 Å². The van der Waals surface area contributed by atoms with Crippen molar-refractivity contribution in [2.24, 2.45) is 0 Å². The number of rotatable bonds is 4. The molecule has 1 heterocycles. The molecule has 3 nitrogen and oxygen atoms in total. The van der Waals surface area contributed by atoms with Gasteiger partial charge in [-0.25, -0.2) is 0 Å². The van der Waals surface area contributed by atoms with Gasteiger partial charge in [-0.1, -0.05) is 42.0 Å². The summed E-state index contributed by atoms with van der Waals surface area (Å²) in [7, 11) is 0. The molecule has 1 N–H and O–H groups in total. The third-order valence-corrected chi connectivity index (χ3v) is 4.81. The summed E-state index contributed by atoms with van der Waals surface area (Å²) < 4.78 is 0. The molecule has 0 radical (unpaired) electrons. The zero-order chi connectivity index (χ0) is 16.9. The zero-order valence-electron chi connectivity index (χ0n) is 14.6. The quantitative estimate of drug-likeness (QED) is 0.918. The maximum absolute atomic E-state index is 12.2. The summed E-state index contributed by atoms with van der Waals surface area (Å²) in [4.78, 5) is 14.5. The fourth-order valence-corrected chi connectivity index (χ4v) is 3.39. The van der Waals surface area contributed by atoms with Gasteiger partial charge in [-0.15, -0.1) is 0 Å². The molecule has 3 rings (SSSR count). The first kappa shape index (κ1) is 16.7. The summed E-state index contributed by atoms with van der Waals surface area (Å²) in [5.41, 5.74) is 4.79. The molecule has 1 saturated heterocycles. The Morgan fingerprint density at radius 3 is 2.42 bits per heavy atom. The van der Waals surface area contributed by atoms with Crippen molar-refractivity contribution in [1.29, 1.82) is 0 Å². The Kier molecular flexibility index (Phi) is 5.31. The molecular formula is C21H26N2O. The molecule has 0 bridgehead atoms. The van der Waals surface area contributed by atoms with Crippen molar-refractivity contribution in [2.45, 2.75) is 32.6 Å². The molecule has 24 heavy (non-hydrogen) atoms. The average Bonchev–Trinajstić information content (AvgIpc) is 2.56. The van der Waals surface area contributed by atoms with Gasteiger partial charge in [0.15, 0.2) is 0 Å². The SMILES string of the molecule is Cc1ccc(C2CCN(CC(=O)Nc3cccc(C)c3)CC2)cc1. The van der Waals surface area contributed by atoms with Crippen molar-refractivity contribution < 1.29 is 4.79 Å². The highest BCUT2D eigenvalue weighted by Crippen LogP contribution is 2.28. The fraction of sp³-hybridized carbons (Fsp3) is 0.381. The lowest BCUT2D eigenvalue weighted by atomic mass is 9.89. The van der Waals surface area contributed by atoms with E-state index in [1.807, 2.05) is 31.2 Å². The fourth-order valence-electron chi connectivity index (χ4n) is 3.39. The van der Waals surface area contributed by atoms with Crippen molar-refractivity contribution >= 4 is 11.6 Å². The molecule has 0 spiro atoms. The van der Waals surface area contributed by atoms with Gasteiger partial charge in [0.1, 0.15) is 0 Å². The second-order valence-electron chi connectivity index (χ2n) is 6.88.